The molecule has 182 valence electrons. The SMILES string of the molecule is CN1CC(=O)N2[C@@H](CCSCl)C(=O)N(Cc3ccco3)C[C@@H]2N1C(=O)NCc1ccc(F)cc1. The molecular weight excluding hydrogens is 485 g/mol. The highest BCUT2D eigenvalue weighted by Crippen LogP contribution is 2.29. The van der Waals surface area contributed by atoms with Gasteiger partial charge in [-0.3, -0.25) is 9.59 Å². The lowest BCUT2D eigenvalue weighted by molar-refractivity contribution is -0.187. The van der Waals surface area contributed by atoms with E-state index in [2.05, 4.69) is 5.32 Å². The second kappa shape index (κ2) is 10.7. The lowest BCUT2D eigenvalue weighted by Crippen LogP contribution is -2.75. The van der Waals surface area contributed by atoms with Gasteiger partial charge in [-0.25, -0.2) is 19.2 Å². The van der Waals surface area contributed by atoms with Crippen molar-refractivity contribution in [3.63, 3.8) is 0 Å². The van der Waals surface area contributed by atoms with E-state index in [0.29, 0.717) is 17.9 Å². The summed E-state index contributed by atoms with van der Waals surface area (Å²) in [4.78, 5) is 42.7. The summed E-state index contributed by atoms with van der Waals surface area (Å²) >= 11 is 0. The zero-order valence-corrected chi connectivity index (χ0v) is 20.1. The Morgan fingerprint density at radius 2 is 2.03 bits per heavy atom. The third kappa shape index (κ3) is 5.16. The maximum Gasteiger partial charge on any atom is 0.334 e. The Balaban J connectivity index is 1.57. The summed E-state index contributed by atoms with van der Waals surface area (Å²) in [5.41, 5.74) is 0.734. The molecule has 2 aromatic rings. The van der Waals surface area contributed by atoms with Gasteiger partial charge in [-0.1, -0.05) is 23.1 Å². The monoisotopic (exact) mass is 509 g/mol. The normalized spacial score (nSPS) is 21.1. The molecule has 0 unspecified atom stereocenters. The zero-order valence-electron chi connectivity index (χ0n) is 18.5. The number of benzene rings is 1. The van der Waals surface area contributed by atoms with Gasteiger partial charge in [-0.15, -0.1) is 0 Å². The first-order valence-electron chi connectivity index (χ1n) is 10.8. The van der Waals surface area contributed by atoms with Crippen LogP contribution in [0.5, 0.6) is 0 Å². The van der Waals surface area contributed by atoms with Gasteiger partial charge in [0.05, 0.1) is 25.9 Å². The van der Waals surface area contributed by atoms with E-state index in [9.17, 15) is 18.8 Å². The molecule has 2 atom stereocenters. The number of furan rings is 1. The number of rotatable bonds is 7. The third-order valence-corrected chi connectivity index (χ3v) is 6.75. The van der Waals surface area contributed by atoms with Crippen LogP contribution in [-0.4, -0.2) is 75.8 Å². The summed E-state index contributed by atoms with van der Waals surface area (Å²) in [6.45, 7) is 0.496. The number of nitrogens with one attached hydrogen (secondary N) is 1. The number of hydrogen-bond donors (Lipinski definition) is 1. The van der Waals surface area contributed by atoms with Crippen molar-refractivity contribution in [1.29, 1.82) is 0 Å². The van der Waals surface area contributed by atoms with Crippen LogP contribution in [-0.2, 0) is 22.7 Å². The molecule has 0 aliphatic carbocycles. The molecule has 12 heteroatoms. The zero-order chi connectivity index (χ0) is 24.2. The summed E-state index contributed by atoms with van der Waals surface area (Å²) in [5.74, 6) is 0.281. The van der Waals surface area contributed by atoms with Gasteiger partial charge < -0.3 is 19.5 Å². The molecule has 34 heavy (non-hydrogen) atoms. The van der Waals surface area contributed by atoms with Gasteiger partial charge in [0.25, 0.3) is 0 Å². The number of carbonyl (C=O) groups is 3. The fourth-order valence-electron chi connectivity index (χ4n) is 4.33. The molecule has 2 saturated heterocycles. The fourth-order valence-corrected chi connectivity index (χ4v) is 4.91. The lowest BCUT2D eigenvalue weighted by atomic mass is 10.0. The summed E-state index contributed by atoms with van der Waals surface area (Å²) in [6.07, 6.45) is 1.20. The van der Waals surface area contributed by atoms with E-state index < -0.39 is 18.2 Å². The van der Waals surface area contributed by atoms with E-state index in [0.717, 1.165) is 16.5 Å². The molecule has 9 nitrogen and oxygen atoms in total. The van der Waals surface area contributed by atoms with Gasteiger partial charge in [-0.2, -0.15) is 0 Å². The topological polar surface area (TPSA) is 89.3 Å². The Morgan fingerprint density at radius 1 is 1.26 bits per heavy atom. The van der Waals surface area contributed by atoms with E-state index in [1.165, 1.54) is 28.3 Å². The van der Waals surface area contributed by atoms with Crippen molar-refractivity contribution in [3.8, 4) is 0 Å². The number of urea groups is 1. The number of halogens is 2. The highest BCUT2D eigenvalue weighted by atomic mass is 35.7. The van der Waals surface area contributed by atoms with Crippen LogP contribution in [0.3, 0.4) is 0 Å². The van der Waals surface area contributed by atoms with Gasteiger partial charge in [0, 0.05) is 19.3 Å². The first kappa shape index (κ1) is 24.4. The van der Waals surface area contributed by atoms with E-state index >= 15 is 0 Å². The van der Waals surface area contributed by atoms with Crippen LogP contribution in [0.25, 0.3) is 0 Å². The largest absolute Gasteiger partial charge is 0.467 e. The summed E-state index contributed by atoms with van der Waals surface area (Å²) in [7, 11) is 8.54. The maximum absolute atomic E-state index is 13.3. The Hall–Kier alpha value is -2.76. The molecule has 2 aliphatic heterocycles. The molecule has 0 spiro atoms. The van der Waals surface area contributed by atoms with Crippen LogP contribution < -0.4 is 5.32 Å². The minimum absolute atomic E-state index is 0.0452. The molecule has 0 saturated carbocycles. The molecule has 2 fully saturated rings. The highest BCUT2D eigenvalue weighted by molar-refractivity contribution is 8.21. The molecule has 0 bridgehead atoms. The van der Waals surface area contributed by atoms with Gasteiger partial charge >= 0.3 is 6.03 Å². The van der Waals surface area contributed by atoms with Gasteiger partial charge in [-0.05, 0) is 46.9 Å². The van der Waals surface area contributed by atoms with Crippen molar-refractivity contribution in [1.82, 2.24) is 25.1 Å². The number of piperazine rings is 1. The summed E-state index contributed by atoms with van der Waals surface area (Å²) in [6, 6.07) is 8.19. The van der Waals surface area contributed by atoms with Crippen LogP contribution >= 0.6 is 21.7 Å². The first-order valence-corrected chi connectivity index (χ1v) is 12.6. The van der Waals surface area contributed by atoms with Crippen molar-refractivity contribution >= 4 is 39.5 Å². The van der Waals surface area contributed by atoms with E-state index in [1.54, 1.807) is 41.2 Å². The molecule has 2 aliphatic rings. The molecule has 4 rings (SSSR count). The average molecular weight is 510 g/mol. The fraction of sp³-hybridized carbons (Fsp3) is 0.409. The second-order valence-electron chi connectivity index (χ2n) is 8.14. The number of likely N-dealkylation sites (N-methyl/N-ethyl adjacent to an activating group) is 1. The van der Waals surface area contributed by atoms with E-state index in [-0.39, 0.29) is 43.8 Å². The minimum Gasteiger partial charge on any atom is -0.467 e. The Kier molecular flexibility index (Phi) is 7.64. The number of fused-ring (bicyclic) bond motifs is 1. The molecule has 0 radical (unpaired) electrons. The van der Waals surface area contributed by atoms with Crippen LogP contribution in [0.1, 0.15) is 17.7 Å². The second-order valence-corrected chi connectivity index (χ2v) is 9.42. The Morgan fingerprint density at radius 3 is 2.71 bits per heavy atom. The number of carbonyl (C=O) groups excluding carboxylic acids is 3. The molecule has 3 heterocycles. The number of hydrogen-bond acceptors (Lipinski definition) is 6. The van der Waals surface area contributed by atoms with Crippen molar-refractivity contribution < 1.29 is 23.2 Å². The standard InChI is InChI=1S/C22H25ClFN5O4S/c1-26-14-20(30)28-18(8-10-34-23)21(31)27(12-17-3-2-9-33-17)13-19(28)29(26)22(32)25-11-15-4-6-16(24)7-5-15/h2-7,9,18-19H,8,10-14H2,1H3,(H,25,32)/t18-,19-/m0/s1. The van der Waals surface area contributed by atoms with Crippen LogP contribution in [0.4, 0.5) is 9.18 Å². The van der Waals surface area contributed by atoms with Crippen LogP contribution in [0.15, 0.2) is 47.1 Å². The van der Waals surface area contributed by atoms with Gasteiger partial charge in [0.1, 0.15) is 23.8 Å². The van der Waals surface area contributed by atoms with Crippen LogP contribution in [0.2, 0.25) is 0 Å². The highest BCUT2D eigenvalue weighted by Gasteiger charge is 2.50. The van der Waals surface area contributed by atoms with Crippen molar-refractivity contribution in [2.45, 2.75) is 31.7 Å². The van der Waals surface area contributed by atoms with Crippen molar-refractivity contribution in [3.05, 3.63) is 59.8 Å². The number of hydrazine groups is 1. The van der Waals surface area contributed by atoms with Gasteiger partial charge in [0.2, 0.25) is 11.8 Å². The Bertz CT molecular complexity index is 1020. The predicted octanol–water partition coefficient (Wildman–Crippen LogP) is 2.63. The lowest BCUT2D eigenvalue weighted by Gasteiger charge is -2.54. The smallest absolute Gasteiger partial charge is 0.334 e. The molecule has 1 aromatic carbocycles. The van der Waals surface area contributed by atoms with E-state index in [1.807, 2.05) is 0 Å². The van der Waals surface area contributed by atoms with Crippen LogP contribution in [0, 0.1) is 5.82 Å². The number of nitrogens with zero attached hydrogens (tertiary/aromatic N) is 4. The molecule has 4 amide bonds. The van der Waals surface area contributed by atoms with E-state index in [4.69, 9.17) is 15.1 Å². The van der Waals surface area contributed by atoms with Crippen molar-refractivity contribution in [2.24, 2.45) is 0 Å². The quantitative estimate of drug-likeness (QED) is 0.617. The first-order chi connectivity index (χ1) is 16.4. The predicted molar refractivity (Wildman–Crippen MR) is 125 cm³/mol. The summed E-state index contributed by atoms with van der Waals surface area (Å²) in [5, 5.41) is 5.85. The molecule has 1 N–H and O–H groups in total. The molecular formula is C22H25ClFN5O4S. The third-order valence-electron chi connectivity index (χ3n) is 5.90. The average Bonchev–Trinajstić information content (AvgIpc) is 3.32. The Labute approximate surface area is 205 Å². The molecule has 1 aromatic heterocycles. The van der Waals surface area contributed by atoms with Gasteiger partial charge in [0.15, 0.2) is 0 Å². The number of amides is 4. The summed E-state index contributed by atoms with van der Waals surface area (Å²) < 4.78 is 18.6. The van der Waals surface area contributed by atoms with Crippen molar-refractivity contribution in [2.75, 3.05) is 25.9 Å². The maximum atomic E-state index is 13.3. The minimum atomic E-state index is -0.742.